The summed E-state index contributed by atoms with van der Waals surface area (Å²) in [5, 5.41) is 9.11. The Morgan fingerprint density at radius 3 is 2.67 bits per heavy atom. The van der Waals surface area contributed by atoms with E-state index in [1.54, 1.807) is 6.07 Å². The normalized spacial score (nSPS) is 15.3. The maximum absolute atomic E-state index is 12.8. The topological polar surface area (TPSA) is 62.5 Å². The predicted molar refractivity (Wildman–Crippen MR) is 83.4 cm³/mol. The molecule has 1 aliphatic carbocycles. The molecule has 0 atom stereocenters. The third-order valence-electron chi connectivity index (χ3n) is 3.88. The maximum Gasteiger partial charge on any atom is 0.323 e. The van der Waals surface area contributed by atoms with E-state index in [0.29, 0.717) is 5.69 Å². The summed E-state index contributed by atoms with van der Waals surface area (Å²) in [6.07, 6.45) is 6.72. The van der Waals surface area contributed by atoms with Gasteiger partial charge >= 0.3 is 5.97 Å². The lowest BCUT2D eigenvalue weighted by molar-refractivity contribution is -0.138. The average Bonchev–Trinajstić information content (AvgIpc) is 3.05. The number of aliphatic carboxylic acids is 1. The van der Waals surface area contributed by atoms with Crippen molar-refractivity contribution >= 4 is 27.8 Å². The molecular formula is C15H21BrN2O3. The van der Waals surface area contributed by atoms with Gasteiger partial charge in [-0.1, -0.05) is 19.8 Å². The van der Waals surface area contributed by atoms with Crippen molar-refractivity contribution in [3.05, 3.63) is 22.4 Å². The Hall–Kier alpha value is -1.30. The van der Waals surface area contributed by atoms with Gasteiger partial charge in [-0.05, 0) is 41.3 Å². The Morgan fingerprint density at radius 1 is 1.43 bits per heavy atom. The number of carbonyl (C=O) groups excluding carboxylic acids is 1. The Labute approximate surface area is 133 Å². The van der Waals surface area contributed by atoms with Gasteiger partial charge < -0.3 is 14.6 Å². The van der Waals surface area contributed by atoms with Crippen LogP contribution < -0.4 is 0 Å². The van der Waals surface area contributed by atoms with Crippen LogP contribution >= 0.6 is 15.9 Å². The van der Waals surface area contributed by atoms with Crippen LogP contribution in [-0.2, 0) is 11.3 Å². The van der Waals surface area contributed by atoms with Gasteiger partial charge in [0.1, 0.15) is 12.2 Å². The zero-order valence-electron chi connectivity index (χ0n) is 12.2. The number of carboxylic acid groups (broad SMARTS) is 1. The van der Waals surface area contributed by atoms with E-state index in [0.717, 1.165) is 43.1 Å². The van der Waals surface area contributed by atoms with Gasteiger partial charge in [0.2, 0.25) is 0 Å². The van der Waals surface area contributed by atoms with Crippen LogP contribution in [0.5, 0.6) is 0 Å². The highest BCUT2D eigenvalue weighted by Gasteiger charge is 2.30. The summed E-state index contributed by atoms with van der Waals surface area (Å²) in [5.41, 5.74) is 0.567. The van der Waals surface area contributed by atoms with E-state index in [4.69, 9.17) is 5.11 Å². The lowest BCUT2D eigenvalue weighted by Crippen LogP contribution is -2.43. The molecule has 0 saturated heterocycles. The molecule has 0 unspecified atom stereocenters. The van der Waals surface area contributed by atoms with E-state index in [-0.39, 0.29) is 18.5 Å². The van der Waals surface area contributed by atoms with Crippen molar-refractivity contribution in [2.24, 2.45) is 0 Å². The van der Waals surface area contributed by atoms with Crippen LogP contribution in [0, 0.1) is 0 Å². The molecule has 0 bridgehead atoms. The number of nitrogens with zero attached hydrogens (tertiary/aromatic N) is 2. The number of amides is 1. The fourth-order valence-electron chi connectivity index (χ4n) is 2.96. The molecule has 5 nitrogen and oxygen atoms in total. The van der Waals surface area contributed by atoms with Crippen LogP contribution in [0.2, 0.25) is 0 Å². The molecule has 0 aromatic carbocycles. The zero-order valence-corrected chi connectivity index (χ0v) is 13.8. The molecule has 1 saturated carbocycles. The summed E-state index contributed by atoms with van der Waals surface area (Å²) in [4.78, 5) is 25.4. The molecule has 1 amide bonds. The first-order chi connectivity index (χ1) is 10.0. The highest BCUT2D eigenvalue weighted by atomic mass is 79.9. The molecular weight excluding hydrogens is 336 g/mol. The molecule has 116 valence electrons. The fraction of sp³-hybridized carbons (Fsp3) is 0.600. The molecule has 6 heteroatoms. The van der Waals surface area contributed by atoms with Crippen LogP contribution in [0.3, 0.4) is 0 Å². The van der Waals surface area contributed by atoms with Crippen molar-refractivity contribution in [1.29, 1.82) is 0 Å². The summed E-state index contributed by atoms with van der Waals surface area (Å²) in [6.45, 7) is 2.57. The second-order valence-corrected chi connectivity index (χ2v) is 6.42. The van der Waals surface area contributed by atoms with Crippen LogP contribution in [-0.4, -0.2) is 39.0 Å². The average molecular weight is 357 g/mol. The maximum atomic E-state index is 12.8. The highest BCUT2D eigenvalue weighted by molar-refractivity contribution is 9.10. The Kier molecular flexibility index (Phi) is 5.45. The first kappa shape index (κ1) is 16.1. The predicted octanol–water partition coefficient (Wildman–Crippen LogP) is 3.13. The summed E-state index contributed by atoms with van der Waals surface area (Å²) in [7, 11) is 0. The van der Waals surface area contributed by atoms with Gasteiger partial charge in [-0.3, -0.25) is 9.59 Å². The van der Waals surface area contributed by atoms with E-state index in [1.807, 2.05) is 17.7 Å². The van der Waals surface area contributed by atoms with Crippen LogP contribution in [0.1, 0.15) is 49.5 Å². The largest absolute Gasteiger partial charge is 0.480 e. The van der Waals surface area contributed by atoms with Crippen LogP contribution in [0.25, 0.3) is 0 Å². The summed E-state index contributed by atoms with van der Waals surface area (Å²) >= 11 is 3.40. The van der Waals surface area contributed by atoms with E-state index < -0.39 is 5.97 Å². The summed E-state index contributed by atoms with van der Waals surface area (Å²) in [5.74, 6) is -1.13. The lowest BCUT2D eigenvalue weighted by atomic mass is 10.2. The van der Waals surface area contributed by atoms with E-state index in [2.05, 4.69) is 15.9 Å². The zero-order chi connectivity index (χ0) is 15.4. The van der Waals surface area contributed by atoms with Crippen molar-refractivity contribution in [3.8, 4) is 0 Å². The number of hydrogen-bond acceptors (Lipinski definition) is 2. The van der Waals surface area contributed by atoms with Gasteiger partial charge in [-0.15, -0.1) is 0 Å². The van der Waals surface area contributed by atoms with Crippen molar-refractivity contribution in [1.82, 2.24) is 9.47 Å². The summed E-state index contributed by atoms with van der Waals surface area (Å²) < 4.78 is 2.75. The number of carbonyl (C=O) groups is 2. The minimum absolute atomic E-state index is 0.0531. The molecule has 0 spiro atoms. The number of halogens is 1. The molecule has 1 fully saturated rings. The van der Waals surface area contributed by atoms with Crippen molar-refractivity contribution < 1.29 is 14.7 Å². The van der Waals surface area contributed by atoms with E-state index in [1.165, 1.54) is 4.90 Å². The molecule has 1 aromatic heterocycles. The first-order valence-corrected chi connectivity index (χ1v) is 8.20. The lowest BCUT2D eigenvalue weighted by Gasteiger charge is -2.27. The third kappa shape index (κ3) is 3.87. The molecule has 1 N–H and O–H groups in total. The minimum atomic E-state index is -0.956. The number of hydrogen-bond donors (Lipinski definition) is 1. The van der Waals surface area contributed by atoms with Gasteiger partial charge in [0, 0.05) is 23.3 Å². The van der Waals surface area contributed by atoms with Crippen LogP contribution in [0.4, 0.5) is 0 Å². The second kappa shape index (κ2) is 7.11. The molecule has 1 aliphatic rings. The van der Waals surface area contributed by atoms with E-state index in [9.17, 15) is 9.59 Å². The quantitative estimate of drug-likeness (QED) is 0.851. The van der Waals surface area contributed by atoms with Gasteiger partial charge in [0.25, 0.3) is 5.91 Å². The third-order valence-corrected chi connectivity index (χ3v) is 4.31. The number of rotatable bonds is 6. The number of aromatic nitrogens is 1. The summed E-state index contributed by atoms with van der Waals surface area (Å²) in [6, 6.07) is 1.83. The Morgan fingerprint density at radius 2 is 2.10 bits per heavy atom. The standard InChI is InChI=1S/C15H21BrN2O3/c1-2-7-17-9-11(16)8-13(17)15(21)18(10-14(19)20)12-5-3-4-6-12/h8-9,12H,2-7,10H2,1H3,(H,19,20). The second-order valence-electron chi connectivity index (χ2n) is 5.50. The molecule has 0 aliphatic heterocycles. The van der Waals surface area contributed by atoms with Crippen molar-refractivity contribution in [3.63, 3.8) is 0 Å². The molecule has 2 rings (SSSR count). The van der Waals surface area contributed by atoms with Gasteiger partial charge in [0.05, 0.1) is 0 Å². The molecule has 0 radical (unpaired) electrons. The smallest absolute Gasteiger partial charge is 0.323 e. The fourth-order valence-corrected chi connectivity index (χ4v) is 3.42. The Bertz CT molecular complexity index is 521. The first-order valence-electron chi connectivity index (χ1n) is 7.41. The Balaban J connectivity index is 2.26. The van der Waals surface area contributed by atoms with Gasteiger partial charge in [0.15, 0.2) is 0 Å². The highest BCUT2D eigenvalue weighted by Crippen LogP contribution is 2.26. The minimum Gasteiger partial charge on any atom is -0.480 e. The molecule has 1 aromatic rings. The van der Waals surface area contributed by atoms with Crippen molar-refractivity contribution in [2.75, 3.05) is 6.54 Å². The van der Waals surface area contributed by atoms with Crippen molar-refractivity contribution in [2.45, 2.75) is 51.6 Å². The molecule has 1 heterocycles. The number of carboxylic acids is 1. The number of aryl methyl sites for hydroxylation is 1. The van der Waals surface area contributed by atoms with Gasteiger partial charge in [-0.25, -0.2) is 0 Å². The van der Waals surface area contributed by atoms with Crippen LogP contribution in [0.15, 0.2) is 16.7 Å². The molecule has 21 heavy (non-hydrogen) atoms. The van der Waals surface area contributed by atoms with E-state index >= 15 is 0 Å². The monoisotopic (exact) mass is 356 g/mol. The SMILES string of the molecule is CCCn1cc(Br)cc1C(=O)N(CC(=O)O)C1CCCC1. The van der Waals surface area contributed by atoms with Gasteiger partial charge in [-0.2, -0.15) is 0 Å².